The first-order valence-corrected chi connectivity index (χ1v) is 6.46. The maximum atomic E-state index is 13.9. The third kappa shape index (κ3) is 3.14. The first kappa shape index (κ1) is 14.9. The van der Waals surface area contributed by atoms with Gasteiger partial charge in [-0.05, 0) is 37.2 Å². The molecule has 1 atom stereocenters. The van der Waals surface area contributed by atoms with E-state index in [-0.39, 0.29) is 17.0 Å². The SMILES string of the molecule is CNC(Cc1cccc(F)c1F)c1ccc(Cl)cc1F. The third-order valence-corrected chi connectivity index (χ3v) is 3.38. The van der Waals surface area contributed by atoms with Gasteiger partial charge < -0.3 is 5.32 Å². The van der Waals surface area contributed by atoms with Gasteiger partial charge in [-0.3, -0.25) is 0 Å². The Balaban J connectivity index is 2.31. The lowest BCUT2D eigenvalue weighted by atomic mass is 9.98. The van der Waals surface area contributed by atoms with Crippen molar-refractivity contribution in [3.8, 4) is 0 Å². The van der Waals surface area contributed by atoms with E-state index in [4.69, 9.17) is 11.6 Å². The number of rotatable bonds is 4. The van der Waals surface area contributed by atoms with Crippen LogP contribution < -0.4 is 5.32 Å². The van der Waals surface area contributed by atoms with Gasteiger partial charge in [0.05, 0.1) is 0 Å². The zero-order chi connectivity index (χ0) is 14.7. The summed E-state index contributed by atoms with van der Waals surface area (Å²) in [4.78, 5) is 0. The van der Waals surface area contributed by atoms with Crippen LogP contribution in [0.2, 0.25) is 5.02 Å². The zero-order valence-corrected chi connectivity index (χ0v) is 11.5. The Hall–Kier alpha value is -1.52. The van der Waals surface area contributed by atoms with E-state index < -0.39 is 23.5 Å². The average molecular weight is 300 g/mol. The van der Waals surface area contributed by atoms with E-state index in [1.807, 2.05) is 0 Å². The second-order valence-electron chi connectivity index (χ2n) is 4.42. The molecule has 0 fully saturated rings. The summed E-state index contributed by atoms with van der Waals surface area (Å²) in [6.45, 7) is 0. The van der Waals surface area contributed by atoms with Gasteiger partial charge in [0.2, 0.25) is 0 Å². The molecular weight excluding hydrogens is 287 g/mol. The fraction of sp³-hybridized carbons (Fsp3) is 0.200. The van der Waals surface area contributed by atoms with Crippen LogP contribution in [-0.2, 0) is 6.42 Å². The van der Waals surface area contributed by atoms with Crippen LogP contribution in [0.15, 0.2) is 36.4 Å². The summed E-state index contributed by atoms with van der Waals surface area (Å²) in [5.74, 6) is -2.29. The van der Waals surface area contributed by atoms with Crippen molar-refractivity contribution in [1.29, 1.82) is 0 Å². The number of hydrogen-bond acceptors (Lipinski definition) is 1. The molecule has 2 aromatic rings. The van der Waals surface area contributed by atoms with Crippen LogP contribution in [0.4, 0.5) is 13.2 Å². The Morgan fingerprint density at radius 2 is 1.85 bits per heavy atom. The van der Waals surface area contributed by atoms with Gasteiger partial charge in [-0.1, -0.05) is 29.8 Å². The molecule has 0 radical (unpaired) electrons. The largest absolute Gasteiger partial charge is 0.313 e. The number of likely N-dealkylation sites (N-methyl/N-ethyl adjacent to an activating group) is 1. The molecule has 0 aliphatic heterocycles. The molecule has 2 aromatic carbocycles. The highest BCUT2D eigenvalue weighted by Crippen LogP contribution is 2.25. The highest BCUT2D eigenvalue weighted by atomic mass is 35.5. The molecule has 20 heavy (non-hydrogen) atoms. The van der Waals surface area contributed by atoms with E-state index in [1.165, 1.54) is 24.3 Å². The first-order valence-electron chi connectivity index (χ1n) is 6.08. The van der Waals surface area contributed by atoms with Crippen molar-refractivity contribution in [3.63, 3.8) is 0 Å². The Kier molecular flexibility index (Phi) is 4.68. The minimum absolute atomic E-state index is 0.138. The Labute approximate surface area is 120 Å². The quantitative estimate of drug-likeness (QED) is 0.889. The lowest BCUT2D eigenvalue weighted by Gasteiger charge is -2.18. The molecule has 5 heteroatoms. The molecule has 1 unspecified atom stereocenters. The van der Waals surface area contributed by atoms with Crippen molar-refractivity contribution in [2.75, 3.05) is 7.05 Å². The predicted octanol–water partition coefficient (Wildman–Crippen LogP) is 4.26. The summed E-state index contributed by atoms with van der Waals surface area (Å²) in [7, 11) is 1.63. The van der Waals surface area contributed by atoms with Gasteiger partial charge in [0.15, 0.2) is 11.6 Å². The fourth-order valence-corrected chi connectivity index (χ4v) is 2.24. The number of halogens is 4. The van der Waals surface area contributed by atoms with E-state index >= 15 is 0 Å². The van der Waals surface area contributed by atoms with Crippen LogP contribution in [0, 0.1) is 17.5 Å². The molecule has 1 nitrogen and oxygen atoms in total. The molecule has 0 aromatic heterocycles. The van der Waals surface area contributed by atoms with E-state index in [0.717, 1.165) is 6.07 Å². The molecule has 0 bridgehead atoms. The predicted molar refractivity (Wildman–Crippen MR) is 73.3 cm³/mol. The van der Waals surface area contributed by atoms with E-state index in [0.29, 0.717) is 5.56 Å². The van der Waals surface area contributed by atoms with Crippen LogP contribution in [0.25, 0.3) is 0 Å². The minimum Gasteiger partial charge on any atom is -0.313 e. The molecule has 0 aliphatic rings. The highest BCUT2D eigenvalue weighted by molar-refractivity contribution is 6.30. The molecule has 0 saturated carbocycles. The summed E-state index contributed by atoms with van der Waals surface area (Å²) in [6, 6.07) is 7.79. The second-order valence-corrected chi connectivity index (χ2v) is 4.86. The summed E-state index contributed by atoms with van der Waals surface area (Å²) in [5.41, 5.74) is 0.555. The lowest BCUT2D eigenvalue weighted by Crippen LogP contribution is -2.20. The molecule has 0 saturated heterocycles. The van der Waals surface area contributed by atoms with Gasteiger partial charge in [-0.15, -0.1) is 0 Å². The van der Waals surface area contributed by atoms with Crippen LogP contribution in [0.5, 0.6) is 0 Å². The van der Waals surface area contributed by atoms with Crippen LogP contribution in [-0.4, -0.2) is 7.05 Å². The molecule has 0 spiro atoms. The minimum atomic E-state index is -0.908. The Morgan fingerprint density at radius 3 is 2.50 bits per heavy atom. The fourth-order valence-electron chi connectivity index (χ4n) is 2.08. The van der Waals surface area contributed by atoms with Gasteiger partial charge in [-0.25, -0.2) is 13.2 Å². The van der Waals surface area contributed by atoms with Crippen molar-refractivity contribution in [2.45, 2.75) is 12.5 Å². The zero-order valence-electron chi connectivity index (χ0n) is 10.8. The van der Waals surface area contributed by atoms with Crippen LogP contribution in [0.3, 0.4) is 0 Å². The molecule has 1 N–H and O–H groups in total. The second kappa shape index (κ2) is 6.29. The van der Waals surface area contributed by atoms with E-state index in [1.54, 1.807) is 13.1 Å². The average Bonchev–Trinajstić information content (AvgIpc) is 2.41. The smallest absolute Gasteiger partial charge is 0.162 e. The number of hydrogen-bond donors (Lipinski definition) is 1. The standard InChI is InChI=1S/C15H13ClF3N/c1-20-14(11-6-5-10(16)8-13(11)18)7-9-3-2-4-12(17)15(9)19/h2-6,8,14,20H,7H2,1H3. The Bertz CT molecular complexity index is 616. The van der Waals surface area contributed by atoms with Crippen LogP contribution in [0.1, 0.15) is 17.2 Å². The molecule has 106 valence electrons. The maximum Gasteiger partial charge on any atom is 0.162 e. The van der Waals surface area contributed by atoms with Gasteiger partial charge in [-0.2, -0.15) is 0 Å². The Morgan fingerprint density at radius 1 is 1.10 bits per heavy atom. The van der Waals surface area contributed by atoms with E-state index in [9.17, 15) is 13.2 Å². The maximum absolute atomic E-state index is 13.9. The van der Waals surface area contributed by atoms with Gasteiger partial charge in [0.1, 0.15) is 5.82 Å². The number of benzene rings is 2. The molecule has 0 amide bonds. The normalized spacial score (nSPS) is 12.4. The topological polar surface area (TPSA) is 12.0 Å². The highest BCUT2D eigenvalue weighted by Gasteiger charge is 2.18. The summed E-state index contributed by atoms with van der Waals surface area (Å²) >= 11 is 5.70. The van der Waals surface area contributed by atoms with Gasteiger partial charge in [0, 0.05) is 16.6 Å². The monoisotopic (exact) mass is 299 g/mol. The summed E-state index contributed by atoms with van der Waals surface area (Å²) < 4.78 is 40.7. The van der Waals surface area contributed by atoms with Crippen molar-refractivity contribution in [2.24, 2.45) is 0 Å². The molecular formula is C15H13ClF3N. The molecule has 0 heterocycles. The summed E-state index contributed by atoms with van der Waals surface area (Å²) in [6.07, 6.45) is 0.138. The summed E-state index contributed by atoms with van der Waals surface area (Å²) in [5, 5.41) is 3.19. The lowest BCUT2D eigenvalue weighted by molar-refractivity contribution is 0.481. The van der Waals surface area contributed by atoms with Gasteiger partial charge >= 0.3 is 0 Å². The van der Waals surface area contributed by atoms with Crippen molar-refractivity contribution in [3.05, 3.63) is 70.0 Å². The van der Waals surface area contributed by atoms with Crippen molar-refractivity contribution in [1.82, 2.24) is 5.32 Å². The third-order valence-electron chi connectivity index (χ3n) is 3.14. The molecule has 2 rings (SSSR count). The van der Waals surface area contributed by atoms with Crippen molar-refractivity contribution >= 4 is 11.6 Å². The number of nitrogens with one attached hydrogen (secondary N) is 1. The van der Waals surface area contributed by atoms with Crippen molar-refractivity contribution < 1.29 is 13.2 Å². The van der Waals surface area contributed by atoms with Gasteiger partial charge in [0.25, 0.3) is 0 Å². The van der Waals surface area contributed by atoms with E-state index in [2.05, 4.69) is 5.32 Å². The first-order chi connectivity index (χ1) is 9.52. The van der Waals surface area contributed by atoms with Crippen LogP contribution >= 0.6 is 11.6 Å². The molecule has 0 aliphatic carbocycles.